The van der Waals surface area contributed by atoms with E-state index in [0.29, 0.717) is 12.5 Å². The molecule has 0 aliphatic rings. The first-order valence-corrected chi connectivity index (χ1v) is 4.79. The van der Waals surface area contributed by atoms with Gasteiger partial charge in [-0.3, -0.25) is 4.90 Å². The molecular formula is C10H18N2O2. The van der Waals surface area contributed by atoms with Gasteiger partial charge >= 0.3 is 6.09 Å². The highest BCUT2D eigenvalue weighted by molar-refractivity contribution is 5.68. The number of nitrogens with zero attached hydrogens (tertiary/aromatic N) is 2. The molecule has 0 fully saturated rings. The number of carbonyl (C=O) groups excluding carboxylic acids is 1. The van der Waals surface area contributed by atoms with Crippen molar-refractivity contribution in [2.24, 2.45) is 5.92 Å². The molecule has 0 saturated carbocycles. The van der Waals surface area contributed by atoms with Crippen LogP contribution in [0.3, 0.4) is 0 Å². The third-order valence-electron chi connectivity index (χ3n) is 1.64. The lowest BCUT2D eigenvalue weighted by Gasteiger charge is -2.23. The van der Waals surface area contributed by atoms with Crippen molar-refractivity contribution in [3.8, 4) is 6.07 Å². The Morgan fingerprint density at radius 1 is 1.43 bits per heavy atom. The Morgan fingerprint density at radius 2 is 2.00 bits per heavy atom. The minimum Gasteiger partial charge on any atom is -0.449 e. The Bertz CT molecular complexity index is 219. The predicted octanol–water partition coefficient (Wildman–Crippen LogP) is 2.01. The predicted molar refractivity (Wildman–Crippen MR) is 53.6 cm³/mol. The molecule has 4 nitrogen and oxygen atoms in total. The van der Waals surface area contributed by atoms with Crippen molar-refractivity contribution < 1.29 is 9.53 Å². The molecule has 0 atom stereocenters. The number of hydrogen-bond donors (Lipinski definition) is 0. The molecular weight excluding hydrogens is 180 g/mol. The van der Waals surface area contributed by atoms with Gasteiger partial charge in [-0.05, 0) is 19.8 Å². The highest BCUT2D eigenvalue weighted by atomic mass is 16.6. The lowest BCUT2D eigenvalue weighted by atomic mass is 10.2. The topological polar surface area (TPSA) is 53.3 Å². The van der Waals surface area contributed by atoms with Gasteiger partial charge in [-0.2, -0.15) is 5.26 Å². The summed E-state index contributed by atoms with van der Waals surface area (Å²) in [4.78, 5) is 12.8. The number of ether oxygens (including phenoxy) is 1. The first kappa shape index (κ1) is 12.8. The summed E-state index contributed by atoms with van der Waals surface area (Å²) >= 11 is 0. The van der Waals surface area contributed by atoms with Crippen molar-refractivity contribution in [1.82, 2.24) is 4.90 Å². The number of rotatable bonds is 4. The third kappa shape index (κ3) is 4.70. The zero-order valence-corrected chi connectivity index (χ0v) is 9.28. The summed E-state index contributed by atoms with van der Waals surface area (Å²) in [5.41, 5.74) is 0. The molecule has 1 amide bonds. The fraction of sp³-hybridized carbons (Fsp3) is 0.800. The van der Waals surface area contributed by atoms with E-state index in [2.05, 4.69) is 0 Å². The number of amides is 1. The van der Waals surface area contributed by atoms with Gasteiger partial charge < -0.3 is 4.74 Å². The second kappa shape index (κ2) is 6.25. The highest BCUT2D eigenvalue weighted by Gasteiger charge is 2.17. The first-order valence-electron chi connectivity index (χ1n) is 4.79. The second-order valence-electron chi connectivity index (χ2n) is 3.85. The van der Waals surface area contributed by atoms with E-state index < -0.39 is 6.09 Å². The van der Waals surface area contributed by atoms with Crippen molar-refractivity contribution in [3.05, 3.63) is 0 Å². The van der Waals surface area contributed by atoms with Crippen LogP contribution < -0.4 is 0 Å². The van der Waals surface area contributed by atoms with Crippen LogP contribution in [-0.2, 0) is 4.74 Å². The van der Waals surface area contributed by atoms with Crippen LogP contribution in [0, 0.1) is 17.2 Å². The minimum atomic E-state index is -0.407. The molecule has 0 spiro atoms. The van der Waals surface area contributed by atoms with Crippen LogP contribution in [0.15, 0.2) is 0 Å². The van der Waals surface area contributed by atoms with Crippen LogP contribution in [-0.4, -0.2) is 30.2 Å². The first-order chi connectivity index (χ1) is 6.49. The molecule has 0 radical (unpaired) electrons. The largest absolute Gasteiger partial charge is 0.449 e. The van der Waals surface area contributed by atoms with Crippen molar-refractivity contribution in [1.29, 1.82) is 5.26 Å². The van der Waals surface area contributed by atoms with E-state index in [1.54, 1.807) is 0 Å². The van der Waals surface area contributed by atoms with E-state index in [-0.39, 0.29) is 12.6 Å². The molecule has 0 aromatic carbocycles. The molecule has 0 aromatic rings. The third-order valence-corrected chi connectivity index (χ3v) is 1.64. The summed E-state index contributed by atoms with van der Waals surface area (Å²) in [6.45, 7) is 8.12. The van der Waals surface area contributed by atoms with Crippen LogP contribution in [0.25, 0.3) is 0 Å². The second-order valence-corrected chi connectivity index (χ2v) is 3.85. The fourth-order valence-electron chi connectivity index (χ4n) is 0.855. The van der Waals surface area contributed by atoms with Crippen LogP contribution in [0.5, 0.6) is 0 Å². The van der Waals surface area contributed by atoms with Gasteiger partial charge in [0.15, 0.2) is 0 Å². The lowest BCUT2D eigenvalue weighted by molar-refractivity contribution is 0.0872. The Morgan fingerprint density at radius 3 is 2.36 bits per heavy atom. The molecule has 14 heavy (non-hydrogen) atoms. The van der Waals surface area contributed by atoms with E-state index in [0.717, 1.165) is 0 Å². The Hall–Kier alpha value is -1.24. The minimum absolute atomic E-state index is 0.00527. The van der Waals surface area contributed by atoms with Gasteiger partial charge in [0.2, 0.25) is 0 Å². The summed E-state index contributed by atoms with van der Waals surface area (Å²) in [6, 6.07) is 1.94. The fourth-order valence-corrected chi connectivity index (χ4v) is 0.855. The van der Waals surface area contributed by atoms with Crippen LogP contribution >= 0.6 is 0 Å². The highest BCUT2D eigenvalue weighted by Crippen LogP contribution is 2.02. The van der Waals surface area contributed by atoms with Crippen LogP contribution in [0.1, 0.15) is 27.7 Å². The van der Waals surface area contributed by atoms with E-state index in [1.165, 1.54) is 4.90 Å². The summed E-state index contributed by atoms with van der Waals surface area (Å²) in [5, 5.41) is 8.51. The lowest BCUT2D eigenvalue weighted by Crippen LogP contribution is -2.38. The molecule has 0 bridgehead atoms. The SMILES string of the molecule is CC(C)COC(=O)N(CC#N)C(C)C. The quantitative estimate of drug-likeness (QED) is 0.649. The molecule has 0 rings (SSSR count). The molecule has 80 valence electrons. The zero-order valence-electron chi connectivity index (χ0n) is 9.28. The van der Waals surface area contributed by atoms with Crippen molar-refractivity contribution in [2.75, 3.05) is 13.2 Å². The molecule has 0 N–H and O–H groups in total. The molecule has 0 aromatic heterocycles. The van der Waals surface area contributed by atoms with Crippen molar-refractivity contribution in [3.63, 3.8) is 0 Å². The summed E-state index contributed by atoms with van der Waals surface area (Å²) in [6.07, 6.45) is -0.407. The number of hydrogen-bond acceptors (Lipinski definition) is 3. The average Bonchev–Trinajstić information content (AvgIpc) is 2.09. The Labute approximate surface area is 85.5 Å². The molecule has 4 heteroatoms. The summed E-state index contributed by atoms with van der Waals surface area (Å²) in [7, 11) is 0. The number of nitriles is 1. The van der Waals surface area contributed by atoms with Gasteiger partial charge in [0.25, 0.3) is 0 Å². The van der Waals surface area contributed by atoms with E-state index in [1.807, 2.05) is 33.8 Å². The maximum atomic E-state index is 11.4. The van der Waals surface area contributed by atoms with Gasteiger partial charge in [0.05, 0.1) is 12.7 Å². The summed E-state index contributed by atoms with van der Waals surface area (Å²) in [5.74, 6) is 0.315. The van der Waals surface area contributed by atoms with Gasteiger partial charge in [-0.25, -0.2) is 4.79 Å². The van der Waals surface area contributed by atoms with E-state index >= 15 is 0 Å². The number of carbonyl (C=O) groups is 1. The van der Waals surface area contributed by atoms with Gasteiger partial charge in [0, 0.05) is 6.04 Å². The van der Waals surface area contributed by atoms with Crippen LogP contribution in [0.4, 0.5) is 4.79 Å². The Balaban J connectivity index is 4.10. The Kier molecular flexibility index (Phi) is 5.70. The van der Waals surface area contributed by atoms with Crippen molar-refractivity contribution in [2.45, 2.75) is 33.7 Å². The smallest absolute Gasteiger partial charge is 0.410 e. The van der Waals surface area contributed by atoms with E-state index in [4.69, 9.17) is 10.00 Å². The summed E-state index contributed by atoms with van der Waals surface area (Å²) < 4.78 is 5.02. The van der Waals surface area contributed by atoms with Gasteiger partial charge in [0.1, 0.15) is 6.54 Å². The standard InChI is InChI=1S/C10H18N2O2/c1-8(2)7-14-10(13)12(6-5-11)9(3)4/h8-9H,6-7H2,1-4H3. The maximum absolute atomic E-state index is 11.4. The maximum Gasteiger partial charge on any atom is 0.410 e. The van der Waals surface area contributed by atoms with Crippen LogP contribution in [0.2, 0.25) is 0 Å². The molecule has 0 aliphatic heterocycles. The van der Waals surface area contributed by atoms with Gasteiger partial charge in [-0.1, -0.05) is 13.8 Å². The van der Waals surface area contributed by atoms with E-state index in [9.17, 15) is 4.79 Å². The molecule has 0 saturated heterocycles. The van der Waals surface area contributed by atoms with Crippen molar-refractivity contribution >= 4 is 6.09 Å². The monoisotopic (exact) mass is 198 g/mol. The molecule has 0 aliphatic carbocycles. The normalized spacial score (nSPS) is 10.1. The average molecular weight is 198 g/mol. The molecule has 0 heterocycles. The van der Waals surface area contributed by atoms with Gasteiger partial charge in [-0.15, -0.1) is 0 Å². The zero-order chi connectivity index (χ0) is 11.1. The molecule has 0 unspecified atom stereocenters.